The Morgan fingerprint density at radius 1 is 1.30 bits per heavy atom. The van der Waals surface area contributed by atoms with Crippen LogP contribution in [0.2, 0.25) is 0 Å². The van der Waals surface area contributed by atoms with Gasteiger partial charge in [0.1, 0.15) is 11.6 Å². The number of carboxylic acids is 1. The summed E-state index contributed by atoms with van der Waals surface area (Å²) >= 11 is 0. The molecule has 0 unspecified atom stereocenters. The van der Waals surface area contributed by atoms with Gasteiger partial charge >= 0.3 is 11.9 Å². The van der Waals surface area contributed by atoms with Gasteiger partial charge in [-0.05, 0) is 27.2 Å². The van der Waals surface area contributed by atoms with Crippen molar-refractivity contribution in [2.24, 2.45) is 0 Å². The fraction of sp³-hybridized carbons (Fsp3) is 0.833. The molecule has 0 amide bonds. The average Bonchev–Trinajstić information content (AvgIpc) is 2.22. The second kappa shape index (κ2) is 7.58. The molecule has 0 saturated heterocycles. The fourth-order valence-electron chi connectivity index (χ4n) is 1.34. The quantitative estimate of drug-likeness (QED) is 0.644. The number of hydrogen-bond donors (Lipinski definition) is 2. The summed E-state index contributed by atoms with van der Waals surface area (Å²) in [5.74, 6) is -2.33. The minimum Gasteiger partial charge on any atom is -0.480 e. The molecule has 2 N–H and O–H groups in total. The van der Waals surface area contributed by atoms with E-state index in [1.807, 2.05) is 11.6 Å². The normalized spacial score (nSPS) is 13.8. The van der Waals surface area contributed by atoms with Gasteiger partial charge in [-0.15, -0.1) is 0 Å². The van der Waals surface area contributed by atoms with Crippen LogP contribution in [0.1, 0.15) is 47.0 Å². The number of esters is 1. The number of carboxylic acid groups (broad SMARTS) is 1. The lowest BCUT2D eigenvalue weighted by molar-refractivity contribution is -0.158. The molecule has 0 aromatic heterocycles. The first-order valence-electron chi connectivity index (χ1n) is 6.41. The van der Waals surface area contributed by atoms with Crippen molar-refractivity contribution >= 4 is 22.0 Å². The molecule has 0 saturated carbocycles. The van der Waals surface area contributed by atoms with Gasteiger partial charge in [0, 0.05) is 0 Å². The first-order chi connectivity index (χ1) is 8.97. The standard InChI is InChI=1S/C12H23NO6S/c1-5-6-7-20(17,18)13-9(11(15)16)8-10(14)19-12(2,3)4/h9,13H,5-8H2,1-4H3,(H,15,16)/t9-/m0/s1. The second-order valence-corrected chi connectivity index (χ2v) is 7.35. The summed E-state index contributed by atoms with van der Waals surface area (Å²) in [6.45, 7) is 6.76. The predicted molar refractivity (Wildman–Crippen MR) is 73.7 cm³/mol. The van der Waals surface area contributed by atoms with Gasteiger partial charge in [-0.2, -0.15) is 0 Å². The van der Waals surface area contributed by atoms with E-state index in [0.717, 1.165) is 0 Å². The maximum Gasteiger partial charge on any atom is 0.322 e. The SMILES string of the molecule is CCCCS(=O)(=O)N[C@@H](CC(=O)OC(C)(C)C)C(=O)O. The highest BCUT2D eigenvalue weighted by molar-refractivity contribution is 7.89. The largest absolute Gasteiger partial charge is 0.480 e. The number of ether oxygens (including phenoxy) is 1. The third-order valence-corrected chi connectivity index (χ3v) is 3.65. The molecule has 1 atom stereocenters. The van der Waals surface area contributed by atoms with Crippen molar-refractivity contribution in [1.29, 1.82) is 0 Å². The Labute approximate surface area is 119 Å². The molecule has 8 heteroatoms. The van der Waals surface area contributed by atoms with Crippen molar-refractivity contribution in [2.45, 2.75) is 58.6 Å². The summed E-state index contributed by atoms with van der Waals surface area (Å²) in [6, 6.07) is -1.51. The van der Waals surface area contributed by atoms with Gasteiger partial charge < -0.3 is 9.84 Å². The van der Waals surface area contributed by atoms with Gasteiger partial charge in [-0.1, -0.05) is 13.3 Å². The molecule has 0 radical (unpaired) electrons. The summed E-state index contributed by atoms with van der Waals surface area (Å²) in [4.78, 5) is 22.6. The van der Waals surface area contributed by atoms with E-state index in [4.69, 9.17) is 9.84 Å². The van der Waals surface area contributed by atoms with E-state index in [2.05, 4.69) is 0 Å². The highest BCUT2D eigenvalue weighted by atomic mass is 32.2. The van der Waals surface area contributed by atoms with Crippen LogP contribution in [-0.4, -0.2) is 42.9 Å². The monoisotopic (exact) mass is 309 g/mol. The molecule has 118 valence electrons. The Hall–Kier alpha value is -1.15. The topological polar surface area (TPSA) is 110 Å². The molecule has 0 aliphatic heterocycles. The van der Waals surface area contributed by atoms with E-state index in [9.17, 15) is 18.0 Å². The van der Waals surface area contributed by atoms with Crippen LogP contribution >= 0.6 is 0 Å². The van der Waals surface area contributed by atoms with Crippen LogP contribution < -0.4 is 4.72 Å². The fourth-order valence-corrected chi connectivity index (χ4v) is 2.74. The molecule has 0 fully saturated rings. The Morgan fingerprint density at radius 2 is 1.85 bits per heavy atom. The molecular formula is C12H23NO6S. The molecule has 0 spiro atoms. The Balaban J connectivity index is 4.67. The molecule has 0 rings (SSSR count). The number of carbonyl (C=O) groups excluding carboxylic acids is 1. The summed E-state index contributed by atoms with van der Waals surface area (Å²) < 4.78 is 30.3. The smallest absolute Gasteiger partial charge is 0.322 e. The summed E-state index contributed by atoms with van der Waals surface area (Å²) in [6.07, 6.45) is 0.552. The van der Waals surface area contributed by atoms with Crippen molar-refractivity contribution in [2.75, 3.05) is 5.75 Å². The highest BCUT2D eigenvalue weighted by Crippen LogP contribution is 2.10. The Kier molecular flexibility index (Phi) is 7.15. The van der Waals surface area contributed by atoms with E-state index < -0.39 is 40.0 Å². The van der Waals surface area contributed by atoms with Crippen molar-refractivity contribution in [3.05, 3.63) is 0 Å². The number of aliphatic carboxylic acids is 1. The van der Waals surface area contributed by atoms with Crippen molar-refractivity contribution < 1.29 is 27.9 Å². The summed E-state index contributed by atoms with van der Waals surface area (Å²) in [5.41, 5.74) is -0.749. The summed E-state index contributed by atoms with van der Waals surface area (Å²) in [5, 5.41) is 8.97. The predicted octanol–water partition coefficient (Wildman–Crippen LogP) is 0.891. The van der Waals surface area contributed by atoms with Crippen LogP contribution in [0, 0.1) is 0 Å². The first kappa shape index (κ1) is 18.9. The number of carbonyl (C=O) groups is 2. The lowest BCUT2D eigenvalue weighted by Gasteiger charge is -2.21. The molecule has 20 heavy (non-hydrogen) atoms. The van der Waals surface area contributed by atoms with E-state index >= 15 is 0 Å². The van der Waals surface area contributed by atoms with Crippen molar-refractivity contribution in [1.82, 2.24) is 4.72 Å². The van der Waals surface area contributed by atoms with Crippen LogP contribution in [0.15, 0.2) is 0 Å². The van der Waals surface area contributed by atoms with E-state index in [-0.39, 0.29) is 5.75 Å². The van der Waals surface area contributed by atoms with Gasteiger partial charge in [0.2, 0.25) is 10.0 Å². The molecular weight excluding hydrogens is 286 g/mol. The zero-order valence-corrected chi connectivity index (χ0v) is 13.1. The number of rotatable bonds is 8. The molecule has 0 aliphatic carbocycles. The van der Waals surface area contributed by atoms with Gasteiger partial charge in [0.25, 0.3) is 0 Å². The van der Waals surface area contributed by atoms with Crippen LogP contribution in [0.5, 0.6) is 0 Å². The maximum absolute atomic E-state index is 11.6. The minimum absolute atomic E-state index is 0.165. The Bertz CT molecular complexity index is 437. The van der Waals surface area contributed by atoms with Gasteiger partial charge in [0.15, 0.2) is 0 Å². The van der Waals surface area contributed by atoms with Gasteiger partial charge in [-0.25, -0.2) is 13.1 Å². The number of sulfonamides is 1. The average molecular weight is 309 g/mol. The van der Waals surface area contributed by atoms with E-state index in [1.54, 1.807) is 20.8 Å². The van der Waals surface area contributed by atoms with Crippen LogP contribution in [0.3, 0.4) is 0 Å². The third kappa shape index (κ3) is 8.87. The number of nitrogens with one attached hydrogen (secondary N) is 1. The zero-order valence-electron chi connectivity index (χ0n) is 12.3. The molecule has 0 aromatic carbocycles. The zero-order chi connectivity index (χ0) is 16.0. The lowest BCUT2D eigenvalue weighted by Crippen LogP contribution is -2.44. The molecule has 7 nitrogen and oxygen atoms in total. The minimum atomic E-state index is -3.72. The van der Waals surface area contributed by atoms with Gasteiger partial charge in [-0.3, -0.25) is 9.59 Å². The van der Waals surface area contributed by atoms with Crippen LogP contribution in [0.4, 0.5) is 0 Å². The van der Waals surface area contributed by atoms with Crippen LogP contribution in [0.25, 0.3) is 0 Å². The second-order valence-electron chi connectivity index (χ2n) is 5.47. The number of unbranched alkanes of at least 4 members (excludes halogenated alkanes) is 1. The lowest BCUT2D eigenvalue weighted by atomic mass is 10.2. The van der Waals surface area contributed by atoms with E-state index in [0.29, 0.717) is 12.8 Å². The van der Waals surface area contributed by atoms with Crippen molar-refractivity contribution in [3.8, 4) is 0 Å². The maximum atomic E-state index is 11.6. The summed E-state index contributed by atoms with van der Waals surface area (Å²) in [7, 11) is -3.72. The Morgan fingerprint density at radius 3 is 2.25 bits per heavy atom. The molecule has 0 heterocycles. The molecule has 0 aliphatic rings. The van der Waals surface area contributed by atoms with Crippen molar-refractivity contribution in [3.63, 3.8) is 0 Å². The number of hydrogen-bond acceptors (Lipinski definition) is 5. The molecule has 0 aromatic rings. The van der Waals surface area contributed by atoms with E-state index in [1.165, 1.54) is 0 Å². The first-order valence-corrected chi connectivity index (χ1v) is 8.06. The highest BCUT2D eigenvalue weighted by Gasteiger charge is 2.28. The molecule has 0 bridgehead atoms. The third-order valence-electron chi connectivity index (χ3n) is 2.18. The van der Waals surface area contributed by atoms with Crippen LogP contribution in [-0.2, 0) is 24.3 Å². The van der Waals surface area contributed by atoms with Gasteiger partial charge in [0.05, 0.1) is 12.2 Å².